The van der Waals surface area contributed by atoms with Crippen LogP contribution in [0.15, 0.2) is 18.6 Å². The minimum Gasteiger partial charge on any atom is -0.472 e. The van der Waals surface area contributed by atoms with E-state index in [1.807, 2.05) is 20.0 Å². The smallest absolute Gasteiger partial charge is 0.257 e. The number of aryl methyl sites for hydroxylation is 1. The summed E-state index contributed by atoms with van der Waals surface area (Å²) in [6, 6.07) is 0. The molecule has 0 saturated heterocycles. The monoisotopic (exact) mass is 299 g/mol. The van der Waals surface area contributed by atoms with Gasteiger partial charge >= 0.3 is 0 Å². The lowest BCUT2D eigenvalue weighted by atomic mass is 10.1. The minimum atomic E-state index is 0.0709. The van der Waals surface area contributed by atoms with Gasteiger partial charge in [-0.05, 0) is 25.8 Å². The SMILES string of the molecule is CCc1ncc2c(n1)CN(c1nccnc1OC(C)C)CC2. The van der Waals surface area contributed by atoms with Crippen LogP contribution in [-0.2, 0) is 19.4 Å². The van der Waals surface area contributed by atoms with E-state index in [-0.39, 0.29) is 6.10 Å². The summed E-state index contributed by atoms with van der Waals surface area (Å²) in [5, 5.41) is 0. The molecule has 3 heterocycles. The summed E-state index contributed by atoms with van der Waals surface area (Å²) < 4.78 is 5.78. The number of rotatable bonds is 4. The Kier molecular flexibility index (Phi) is 4.18. The molecule has 0 unspecified atom stereocenters. The average molecular weight is 299 g/mol. The first-order valence-corrected chi connectivity index (χ1v) is 7.73. The third-order valence-electron chi connectivity index (χ3n) is 3.61. The van der Waals surface area contributed by atoms with Crippen LogP contribution in [0, 0.1) is 0 Å². The second-order valence-electron chi connectivity index (χ2n) is 5.63. The van der Waals surface area contributed by atoms with Gasteiger partial charge in [0.25, 0.3) is 5.88 Å². The number of hydrogen-bond acceptors (Lipinski definition) is 6. The molecule has 6 heteroatoms. The lowest BCUT2D eigenvalue weighted by molar-refractivity contribution is 0.232. The van der Waals surface area contributed by atoms with Crippen LogP contribution in [0.3, 0.4) is 0 Å². The molecule has 1 aliphatic rings. The summed E-state index contributed by atoms with van der Waals surface area (Å²) in [6.07, 6.45) is 7.16. The predicted molar refractivity (Wildman–Crippen MR) is 84.0 cm³/mol. The van der Waals surface area contributed by atoms with Crippen molar-refractivity contribution >= 4 is 5.82 Å². The van der Waals surface area contributed by atoms with E-state index in [4.69, 9.17) is 4.74 Å². The Hall–Kier alpha value is -2.24. The van der Waals surface area contributed by atoms with E-state index in [1.165, 1.54) is 5.56 Å². The maximum absolute atomic E-state index is 5.78. The molecule has 116 valence electrons. The topological polar surface area (TPSA) is 64.0 Å². The van der Waals surface area contributed by atoms with E-state index in [1.54, 1.807) is 12.4 Å². The Morgan fingerprint density at radius 1 is 1.23 bits per heavy atom. The van der Waals surface area contributed by atoms with E-state index in [2.05, 4.69) is 31.8 Å². The van der Waals surface area contributed by atoms with Gasteiger partial charge in [0.15, 0.2) is 5.82 Å². The third kappa shape index (κ3) is 3.00. The van der Waals surface area contributed by atoms with Crippen LogP contribution in [0.25, 0.3) is 0 Å². The lowest BCUT2D eigenvalue weighted by Gasteiger charge is -2.29. The van der Waals surface area contributed by atoms with Crippen LogP contribution in [0.2, 0.25) is 0 Å². The highest BCUT2D eigenvalue weighted by molar-refractivity contribution is 5.49. The number of anilines is 1. The molecule has 0 radical (unpaired) electrons. The predicted octanol–water partition coefficient (Wildman–Crippen LogP) is 2.18. The van der Waals surface area contributed by atoms with Gasteiger partial charge in [-0.1, -0.05) is 6.92 Å². The molecule has 0 amide bonds. The zero-order valence-corrected chi connectivity index (χ0v) is 13.3. The summed E-state index contributed by atoms with van der Waals surface area (Å²) in [4.78, 5) is 20.0. The van der Waals surface area contributed by atoms with E-state index >= 15 is 0 Å². The van der Waals surface area contributed by atoms with Gasteiger partial charge in [-0.2, -0.15) is 0 Å². The number of fused-ring (bicyclic) bond motifs is 1. The summed E-state index contributed by atoms with van der Waals surface area (Å²) in [6.45, 7) is 7.64. The van der Waals surface area contributed by atoms with Crippen molar-refractivity contribution in [2.45, 2.75) is 46.3 Å². The van der Waals surface area contributed by atoms with Gasteiger partial charge in [0.2, 0.25) is 0 Å². The molecule has 0 aromatic carbocycles. The second kappa shape index (κ2) is 6.25. The maximum atomic E-state index is 5.78. The van der Waals surface area contributed by atoms with Crippen LogP contribution in [-0.4, -0.2) is 32.6 Å². The van der Waals surface area contributed by atoms with E-state index in [0.29, 0.717) is 5.88 Å². The summed E-state index contributed by atoms with van der Waals surface area (Å²) in [7, 11) is 0. The second-order valence-corrected chi connectivity index (χ2v) is 5.63. The summed E-state index contributed by atoms with van der Waals surface area (Å²) in [5.74, 6) is 2.27. The van der Waals surface area contributed by atoms with Crippen molar-refractivity contribution in [1.82, 2.24) is 19.9 Å². The highest BCUT2D eigenvalue weighted by Crippen LogP contribution is 2.28. The van der Waals surface area contributed by atoms with Crippen LogP contribution < -0.4 is 9.64 Å². The van der Waals surface area contributed by atoms with Gasteiger partial charge in [-0.25, -0.2) is 19.9 Å². The molecular formula is C16H21N5O. The first-order valence-electron chi connectivity index (χ1n) is 7.73. The molecule has 1 aliphatic heterocycles. The molecule has 0 aliphatic carbocycles. The molecule has 22 heavy (non-hydrogen) atoms. The van der Waals surface area contributed by atoms with Gasteiger partial charge < -0.3 is 9.64 Å². The van der Waals surface area contributed by atoms with Crippen LogP contribution in [0.4, 0.5) is 5.82 Å². The first-order chi connectivity index (χ1) is 10.7. The molecule has 3 rings (SSSR count). The fraction of sp³-hybridized carbons (Fsp3) is 0.500. The number of hydrogen-bond donors (Lipinski definition) is 0. The fourth-order valence-electron chi connectivity index (χ4n) is 2.54. The molecule has 2 aromatic rings. The molecule has 0 atom stereocenters. The number of ether oxygens (including phenoxy) is 1. The van der Waals surface area contributed by atoms with E-state index < -0.39 is 0 Å². The Labute approximate surface area is 130 Å². The molecule has 0 bridgehead atoms. The molecule has 0 saturated carbocycles. The van der Waals surface area contributed by atoms with E-state index in [0.717, 1.165) is 43.3 Å². The average Bonchev–Trinajstić information content (AvgIpc) is 2.53. The zero-order valence-electron chi connectivity index (χ0n) is 13.3. The highest BCUT2D eigenvalue weighted by atomic mass is 16.5. The highest BCUT2D eigenvalue weighted by Gasteiger charge is 2.23. The van der Waals surface area contributed by atoms with Gasteiger partial charge in [-0.3, -0.25) is 0 Å². The number of nitrogens with zero attached hydrogens (tertiary/aromatic N) is 5. The first kappa shape index (κ1) is 14.7. The van der Waals surface area contributed by atoms with Crippen LogP contribution >= 0.6 is 0 Å². The van der Waals surface area contributed by atoms with Crippen LogP contribution in [0.1, 0.15) is 37.9 Å². The molecule has 0 N–H and O–H groups in total. The summed E-state index contributed by atoms with van der Waals surface area (Å²) >= 11 is 0. The van der Waals surface area contributed by atoms with Crippen molar-refractivity contribution in [2.24, 2.45) is 0 Å². The maximum Gasteiger partial charge on any atom is 0.257 e. The Balaban J connectivity index is 1.88. The molecule has 0 fully saturated rings. The quantitative estimate of drug-likeness (QED) is 0.862. The van der Waals surface area contributed by atoms with Crippen molar-refractivity contribution in [2.75, 3.05) is 11.4 Å². The van der Waals surface area contributed by atoms with Crippen molar-refractivity contribution in [3.63, 3.8) is 0 Å². The van der Waals surface area contributed by atoms with Gasteiger partial charge in [0, 0.05) is 31.6 Å². The Bertz CT molecular complexity index is 659. The van der Waals surface area contributed by atoms with Gasteiger partial charge in [-0.15, -0.1) is 0 Å². The van der Waals surface area contributed by atoms with Crippen molar-refractivity contribution in [3.05, 3.63) is 35.7 Å². The molecule has 2 aromatic heterocycles. The number of aromatic nitrogens is 4. The van der Waals surface area contributed by atoms with Crippen molar-refractivity contribution in [1.29, 1.82) is 0 Å². The van der Waals surface area contributed by atoms with Gasteiger partial charge in [0.05, 0.1) is 18.3 Å². The Morgan fingerprint density at radius 2 is 2.05 bits per heavy atom. The van der Waals surface area contributed by atoms with Gasteiger partial charge in [0.1, 0.15) is 5.82 Å². The van der Waals surface area contributed by atoms with E-state index in [9.17, 15) is 0 Å². The van der Waals surface area contributed by atoms with Crippen molar-refractivity contribution < 1.29 is 4.74 Å². The molecule has 0 spiro atoms. The largest absolute Gasteiger partial charge is 0.472 e. The molecular weight excluding hydrogens is 278 g/mol. The van der Waals surface area contributed by atoms with Crippen LogP contribution in [0.5, 0.6) is 5.88 Å². The third-order valence-corrected chi connectivity index (χ3v) is 3.61. The minimum absolute atomic E-state index is 0.0709. The summed E-state index contributed by atoms with van der Waals surface area (Å²) in [5.41, 5.74) is 2.31. The molecule has 6 nitrogen and oxygen atoms in total. The zero-order chi connectivity index (χ0) is 15.5. The lowest BCUT2D eigenvalue weighted by Crippen LogP contribution is -2.33. The normalized spacial score (nSPS) is 14.1. The fourth-order valence-corrected chi connectivity index (χ4v) is 2.54. The van der Waals surface area contributed by atoms with Crippen molar-refractivity contribution in [3.8, 4) is 5.88 Å². The standard InChI is InChI=1S/C16H21N5O/c1-4-14-19-9-12-5-8-21(10-13(12)20-14)15-16(22-11(2)3)18-7-6-17-15/h6-7,9,11H,4-5,8,10H2,1-3H3. The Morgan fingerprint density at radius 3 is 2.82 bits per heavy atom.